The van der Waals surface area contributed by atoms with Crippen molar-refractivity contribution in [2.75, 3.05) is 19.5 Å². The zero-order chi connectivity index (χ0) is 22.7. The summed E-state index contributed by atoms with van der Waals surface area (Å²) >= 11 is 7.38. The molecule has 32 heavy (non-hydrogen) atoms. The van der Waals surface area contributed by atoms with E-state index in [1.165, 1.54) is 31.8 Å². The lowest BCUT2D eigenvalue weighted by atomic mass is 10.1. The second-order valence-electron chi connectivity index (χ2n) is 6.52. The van der Waals surface area contributed by atoms with Crippen LogP contribution in [0, 0.1) is 11.3 Å². The van der Waals surface area contributed by atoms with E-state index in [0.29, 0.717) is 44.1 Å². The van der Waals surface area contributed by atoms with E-state index in [1.54, 1.807) is 35.7 Å². The molecule has 4 aromatic rings. The monoisotopic (exact) mass is 465 g/mol. The first-order valence-electron chi connectivity index (χ1n) is 9.31. The second kappa shape index (κ2) is 9.14. The van der Waals surface area contributed by atoms with Gasteiger partial charge in [-0.2, -0.15) is 5.26 Å². The first-order chi connectivity index (χ1) is 15.5. The summed E-state index contributed by atoms with van der Waals surface area (Å²) in [5.41, 5.74) is 1.64. The van der Waals surface area contributed by atoms with Crippen LogP contribution in [-0.2, 0) is 0 Å². The Labute approximate surface area is 192 Å². The summed E-state index contributed by atoms with van der Waals surface area (Å²) in [6.07, 6.45) is 1.51. The zero-order valence-corrected chi connectivity index (χ0v) is 18.6. The Balaban J connectivity index is 1.66. The summed E-state index contributed by atoms with van der Waals surface area (Å²) in [7, 11) is 3.02. The number of nitrogens with one attached hydrogen (secondary N) is 1. The van der Waals surface area contributed by atoms with E-state index in [1.807, 2.05) is 12.1 Å². The molecular formula is C23H16ClN3O4S. The van der Waals surface area contributed by atoms with Crippen molar-refractivity contribution in [2.24, 2.45) is 0 Å². The molecule has 160 valence electrons. The maximum Gasteiger partial charge on any atom is 0.345 e. The van der Waals surface area contributed by atoms with Gasteiger partial charge in [-0.25, -0.2) is 9.78 Å². The van der Waals surface area contributed by atoms with Crippen LogP contribution in [0.3, 0.4) is 0 Å². The number of fused-ring (bicyclic) bond motifs is 1. The third-order valence-corrected chi connectivity index (χ3v) is 5.79. The average molecular weight is 466 g/mol. The van der Waals surface area contributed by atoms with Gasteiger partial charge in [0.05, 0.1) is 36.2 Å². The molecule has 9 heteroatoms. The topological polar surface area (TPSA) is 97.4 Å². The highest BCUT2D eigenvalue weighted by molar-refractivity contribution is 7.11. The number of anilines is 1. The van der Waals surface area contributed by atoms with Gasteiger partial charge in [-0.3, -0.25) is 0 Å². The number of hydrogen-bond acceptors (Lipinski definition) is 8. The van der Waals surface area contributed by atoms with Crippen LogP contribution in [0.5, 0.6) is 11.5 Å². The van der Waals surface area contributed by atoms with Crippen molar-refractivity contribution in [1.29, 1.82) is 5.26 Å². The number of rotatable bonds is 6. The van der Waals surface area contributed by atoms with E-state index in [9.17, 15) is 10.1 Å². The van der Waals surface area contributed by atoms with Gasteiger partial charge in [0.15, 0.2) is 0 Å². The molecule has 0 amide bonds. The van der Waals surface area contributed by atoms with Gasteiger partial charge >= 0.3 is 5.63 Å². The van der Waals surface area contributed by atoms with Gasteiger partial charge in [0, 0.05) is 29.1 Å². The van der Waals surface area contributed by atoms with Gasteiger partial charge in [-0.05, 0) is 12.1 Å². The van der Waals surface area contributed by atoms with Crippen LogP contribution < -0.4 is 20.4 Å². The predicted octanol–water partition coefficient (Wildman–Crippen LogP) is 5.56. The average Bonchev–Trinajstić information content (AvgIpc) is 3.29. The molecule has 2 heterocycles. The van der Waals surface area contributed by atoms with Crippen molar-refractivity contribution in [2.45, 2.75) is 0 Å². The number of ether oxygens (including phenoxy) is 2. The number of thiazole rings is 1. The van der Waals surface area contributed by atoms with Crippen LogP contribution in [0.25, 0.3) is 27.8 Å². The van der Waals surface area contributed by atoms with Gasteiger partial charge in [0.25, 0.3) is 0 Å². The van der Waals surface area contributed by atoms with Crippen LogP contribution >= 0.6 is 22.9 Å². The number of methoxy groups -OCH3 is 2. The van der Waals surface area contributed by atoms with E-state index in [-0.39, 0.29) is 5.57 Å². The molecule has 0 spiro atoms. The quantitative estimate of drug-likeness (QED) is 0.294. The van der Waals surface area contributed by atoms with Crippen molar-refractivity contribution in [1.82, 2.24) is 4.98 Å². The zero-order valence-electron chi connectivity index (χ0n) is 17.0. The fourth-order valence-electron chi connectivity index (χ4n) is 3.03. The summed E-state index contributed by atoms with van der Waals surface area (Å²) < 4.78 is 16.0. The smallest absolute Gasteiger partial charge is 0.345 e. The maximum absolute atomic E-state index is 12.4. The van der Waals surface area contributed by atoms with Crippen molar-refractivity contribution in [3.63, 3.8) is 0 Å². The number of nitriles is 1. The van der Waals surface area contributed by atoms with E-state index in [4.69, 9.17) is 25.5 Å². The van der Waals surface area contributed by atoms with E-state index in [0.717, 1.165) is 5.39 Å². The molecule has 0 atom stereocenters. The Morgan fingerprint density at radius 2 is 2.00 bits per heavy atom. The number of benzene rings is 2. The molecule has 0 fully saturated rings. The lowest BCUT2D eigenvalue weighted by Gasteiger charge is -2.12. The molecule has 7 nitrogen and oxygen atoms in total. The predicted molar refractivity (Wildman–Crippen MR) is 125 cm³/mol. The van der Waals surface area contributed by atoms with Crippen LogP contribution in [0.15, 0.2) is 63.3 Å². The first kappa shape index (κ1) is 21.4. The van der Waals surface area contributed by atoms with Crippen LogP contribution in [-0.4, -0.2) is 19.2 Å². The number of allylic oxidation sites excluding steroid dienone is 1. The van der Waals surface area contributed by atoms with Crippen LogP contribution in [0.2, 0.25) is 5.02 Å². The van der Waals surface area contributed by atoms with Gasteiger partial charge in [-0.15, -0.1) is 11.3 Å². The largest absolute Gasteiger partial charge is 0.495 e. The summed E-state index contributed by atoms with van der Waals surface area (Å²) in [4.78, 5) is 16.9. The Morgan fingerprint density at radius 3 is 2.75 bits per heavy atom. The molecule has 2 aromatic heterocycles. The Hall–Kier alpha value is -3.80. The molecule has 1 N–H and O–H groups in total. The Bertz CT molecular complexity index is 1440. The Morgan fingerprint density at radius 1 is 1.22 bits per heavy atom. The lowest BCUT2D eigenvalue weighted by molar-refractivity contribution is 0.405. The molecular weight excluding hydrogens is 450 g/mol. The molecule has 0 saturated heterocycles. The Kier molecular flexibility index (Phi) is 6.12. The summed E-state index contributed by atoms with van der Waals surface area (Å²) in [6.45, 7) is 0. The number of halogens is 1. The van der Waals surface area contributed by atoms with Crippen LogP contribution in [0.4, 0.5) is 5.69 Å². The van der Waals surface area contributed by atoms with Gasteiger partial charge in [0.1, 0.15) is 33.7 Å². The molecule has 0 saturated carbocycles. The van der Waals surface area contributed by atoms with Crippen molar-refractivity contribution in [3.05, 3.63) is 74.5 Å². The minimum absolute atomic E-state index is 0.280. The van der Waals surface area contributed by atoms with Gasteiger partial charge in [-0.1, -0.05) is 29.8 Å². The number of hydrogen-bond donors (Lipinski definition) is 1. The minimum atomic E-state index is -0.487. The van der Waals surface area contributed by atoms with Gasteiger partial charge in [0.2, 0.25) is 0 Å². The van der Waals surface area contributed by atoms with E-state index in [2.05, 4.69) is 16.4 Å². The summed E-state index contributed by atoms with van der Waals surface area (Å²) in [5, 5.41) is 16.0. The standard InChI is InChI=1S/C23H16ClN3O4S/c1-29-20-9-17(21(30-2)8-16(20)24)26-11-14(10-25)22-27-18(12-32-22)15-7-13-5-3-4-6-19(13)31-23(15)28/h3-9,11-12,26H,1-2H3/b14-11+. The third-order valence-electron chi connectivity index (χ3n) is 4.62. The van der Waals surface area contributed by atoms with Gasteiger partial charge < -0.3 is 19.2 Å². The fraction of sp³-hybridized carbons (Fsp3) is 0.0870. The molecule has 0 aliphatic heterocycles. The second-order valence-corrected chi connectivity index (χ2v) is 7.79. The van der Waals surface area contributed by atoms with Crippen molar-refractivity contribution >= 4 is 45.2 Å². The number of nitrogens with zero attached hydrogens (tertiary/aromatic N) is 2. The SMILES string of the molecule is COc1cc(N/C=C(\C#N)c2nc(-c3cc4ccccc4oc3=O)cs2)c(OC)cc1Cl. The van der Waals surface area contributed by atoms with E-state index >= 15 is 0 Å². The number of para-hydroxylation sites is 1. The third kappa shape index (κ3) is 4.17. The maximum atomic E-state index is 12.4. The lowest BCUT2D eigenvalue weighted by Crippen LogP contribution is -2.03. The highest BCUT2D eigenvalue weighted by atomic mass is 35.5. The van der Waals surface area contributed by atoms with Crippen molar-refractivity contribution in [3.8, 4) is 28.8 Å². The fourth-order valence-corrected chi connectivity index (χ4v) is 4.04. The molecule has 0 unspecified atom stereocenters. The molecule has 0 aliphatic carbocycles. The highest BCUT2D eigenvalue weighted by Gasteiger charge is 2.14. The molecule has 2 aromatic carbocycles. The van der Waals surface area contributed by atoms with E-state index < -0.39 is 5.63 Å². The summed E-state index contributed by atoms with van der Waals surface area (Å²) in [5.74, 6) is 0.944. The molecule has 4 rings (SSSR count). The molecule has 0 bridgehead atoms. The molecule has 0 radical (unpaired) electrons. The highest BCUT2D eigenvalue weighted by Crippen LogP contribution is 2.36. The summed E-state index contributed by atoms with van der Waals surface area (Å²) in [6, 6.07) is 14.4. The van der Waals surface area contributed by atoms with Crippen molar-refractivity contribution < 1.29 is 13.9 Å². The molecule has 0 aliphatic rings. The number of aromatic nitrogens is 1. The van der Waals surface area contributed by atoms with Crippen LogP contribution in [0.1, 0.15) is 5.01 Å². The minimum Gasteiger partial charge on any atom is -0.495 e. The first-order valence-corrected chi connectivity index (χ1v) is 10.6. The normalized spacial score (nSPS) is 11.2.